The molecule has 2 rings (SSSR count). The molecule has 1 heterocycles. The van der Waals surface area contributed by atoms with E-state index >= 15 is 0 Å². The number of hydrogen-bond donors (Lipinski definition) is 1. The second-order valence-corrected chi connectivity index (χ2v) is 5.38. The maximum absolute atomic E-state index is 6.21. The first-order chi connectivity index (χ1) is 8.68. The topological polar surface area (TPSA) is 29.9 Å². The van der Waals surface area contributed by atoms with E-state index in [9.17, 15) is 0 Å². The molecule has 0 aliphatic heterocycles. The van der Waals surface area contributed by atoms with Crippen LogP contribution in [0.4, 0.5) is 0 Å². The van der Waals surface area contributed by atoms with E-state index in [-0.39, 0.29) is 0 Å². The van der Waals surface area contributed by atoms with Gasteiger partial charge in [0.05, 0.1) is 16.4 Å². The van der Waals surface area contributed by atoms with Gasteiger partial charge >= 0.3 is 0 Å². The van der Waals surface area contributed by atoms with Gasteiger partial charge in [-0.25, -0.2) is 0 Å². The molecular formula is C14H22ClN3. The Hall–Kier alpha value is -0.800. The third kappa shape index (κ3) is 3.36. The number of hydrogen-bond acceptors (Lipinski definition) is 2. The lowest BCUT2D eigenvalue weighted by Gasteiger charge is -2.13. The zero-order valence-electron chi connectivity index (χ0n) is 11.3. The molecule has 0 fully saturated rings. The zero-order valence-corrected chi connectivity index (χ0v) is 12.1. The second-order valence-electron chi connectivity index (χ2n) is 5.00. The average Bonchev–Trinajstić information content (AvgIpc) is 2.61. The maximum atomic E-state index is 6.21. The van der Waals surface area contributed by atoms with Crippen LogP contribution >= 0.6 is 11.6 Å². The first-order valence-electron chi connectivity index (χ1n) is 6.75. The van der Waals surface area contributed by atoms with E-state index in [4.69, 9.17) is 11.6 Å². The molecule has 1 aromatic heterocycles. The maximum Gasteiger partial charge on any atom is 0.0860 e. The van der Waals surface area contributed by atoms with Crippen LogP contribution in [0, 0.1) is 6.92 Å². The second kappa shape index (κ2) is 6.39. The summed E-state index contributed by atoms with van der Waals surface area (Å²) in [6, 6.07) is 0. The summed E-state index contributed by atoms with van der Waals surface area (Å²) in [5.41, 5.74) is 3.60. The Morgan fingerprint density at radius 1 is 1.44 bits per heavy atom. The molecule has 18 heavy (non-hydrogen) atoms. The molecule has 1 aromatic rings. The van der Waals surface area contributed by atoms with Crippen LogP contribution in [-0.2, 0) is 13.6 Å². The fraction of sp³-hybridized carbons (Fsp3) is 0.643. The van der Waals surface area contributed by atoms with E-state index < -0.39 is 0 Å². The Bertz CT molecular complexity index is 434. The first kappa shape index (κ1) is 13.6. The van der Waals surface area contributed by atoms with Crippen molar-refractivity contribution in [3.8, 4) is 0 Å². The summed E-state index contributed by atoms with van der Waals surface area (Å²) in [6.45, 7) is 3.76. The van der Waals surface area contributed by atoms with Crippen molar-refractivity contribution in [3.63, 3.8) is 0 Å². The van der Waals surface area contributed by atoms with Gasteiger partial charge in [-0.05, 0) is 45.6 Å². The number of aromatic nitrogens is 2. The summed E-state index contributed by atoms with van der Waals surface area (Å²) in [5, 5.41) is 8.56. The molecular weight excluding hydrogens is 246 g/mol. The van der Waals surface area contributed by atoms with Crippen LogP contribution in [0.2, 0.25) is 5.02 Å². The zero-order chi connectivity index (χ0) is 13.0. The summed E-state index contributed by atoms with van der Waals surface area (Å²) in [5.74, 6) is 0. The number of allylic oxidation sites excluding steroid dienone is 1. The van der Waals surface area contributed by atoms with Crippen LogP contribution in [0.5, 0.6) is 0 Å². The van der Waals surface area contributed by atoms with E-state index in [0.717, 1.165) is 35.9 Å². The number of aryl methyl sites for hydroxylation is 2. The van der Waals surface area contributed by atoms with Crippen molar-refractivity contribution >= 4 is 11.6 Å². The van der Waals surface area contributed by atoms with Gasteiger partial charge < -0.3 is 5.32 Å². The lowest BCUT2D eigenvalue weighted by atomic mass is 9.97. The van der Waals surface area contributed by atoms with Crippen molar-refractivity contribution in [2.75, 3.05) is 6.54 Å². The molecule has 0 atom stereocenters. The van der Waals surface area contributed by atoms with Gasteiger partial charge in [-0.2, -0.15) is 5.10 Å². The van der Waals surface area contributed by atoms with Gasteiger partial charge in [-0.15, -0.1) is 0 Å². The van der Waals surface area contributed by atoms with Crippen LogP contribution < -0.4 is 5.32 Å². The summed E-state index contributed by atoms with van der Waals surface area (Å²) >= 11 is 6.21. The Balaban J connectivity index is 1.76. The van der Waals surface area contributed by atoms with Crippen LogP contribution in [0.3, 0.4) is 0 Å². The van der Waals surface area contributed by atoms with Crippen LogP contribution in [0.25, 0.3) is 0 Å². The largest absolute Gasteiger partial charge is 0.311 e. The Morgan fingerprint density at radius 3 is 2.89 bits per heavy atom. The number of rotatable bonds is 5. The number of nitrogens with zero attached hydrogens (tertiary/aromatic N) is 2. The van der Waals surface area contributed by atoms with E-state index in [1.165, 1.54) is 25.7 Å². The standard InChI is InChI=1S/C14H22ClN3/c1-11-14(15)13(18(2)17-11)10-16-9-8-12-6-4-3-5-7-12/h6,16H,3-5,7-10H2,1-2H3. The van der Waals surface area contributed by atoms with Crippen LogP contribution in [0.15, 0.2) is 11.6 Å². The third-order valence-corrected chi connectivity index (χ3v) is 4.05. The molecule has 0 spiro atoms. The van der Waals surface area contributed by atoms with Crippen molar-refractivity contribution in [2.45, 2.75) is 45.6 Å². The normalized spacial score (nSPS) is 15.8. The molecule has 1 aliphatic carbocycles. The van der Waals surface area contributed by atoms with E-state index in [2.05, 4.69) is 16.5 Å². The van der Waals surface area contributed by atoms with Crippen molar-refractivity contribution in [1.82, 2.24) is 15.1 Å². The summed E-state index contributed by atoms with van der Waals surface area (Å²) in [4.78, 5) is 0. The summed E-state index contributed by atoms with van der Waals surface area (Å²) < 4.78 is 1.87. The Morgan fingerprint density at radius 2 is 2.28 bits per heavy atom. The number of nitrogens with one attached hydrogen (secondary N) is 1. The van der Waals surface area contributed by atoms with Gasteiger partial charge in [0.25, 0.3) is 0 Å². The Kier molecular flexibility index (Phi) is 4.84. The monoisotopic (exact) mass is 267 g/mol. The molecule has 3 nitrogen and oxygen atoms in total. The van der Waals surface area contributed by atoms with Gasteiger partial charge in [-0.1, -0.05) is 23.3 Å². The fourth-order valence-electron chi connectivity index (χ4n) is 2.46. The van der Waals surface area contributed by atoms with Crippen LogP contribution in [-0.4, -0.2) is 16.3 Å². The molecule has 1 N–H and O–H groups in total. The fourth-order valence-corrected chi connectivity index (χ4v) is 2.69. The lowest BCUT2D eigenvalue weighted by molar-refractivity contribution is 0.604. The first-order valence-corrected chi connectivity index (χ1v) is 7.13. The molecule has 0 bridgehead atoms. The minimum absolute atomic E-state index is 0.793. The highest BCUT2D eigenvalue weighted by atomic mass is 35.5. The molecule has 0 saturated heterocycles. The highest BCUT2D eigenvalue weighted by Gasteiger charge is 2.10. The van der Waals surface area contributed by atoms with Gasteiger partial charge in [0.15, 0.2) is 0 Å². The molecule has 100 valence electrons. The molecule has 0 amide bonds. The highest BCUT2D eigenvalue weighted by Crippen LogP contribution is 2.20. The predicted molar refractivity (Wildman–Crippen MR) is 75.8 cm³/mol. The molecule has 0 saturated carbocycles. The number of halogens is 1. The smallest absolute Gasteiger partial charge is 0.0860 e. The summed E-state index contributed by atoms with van der Waals surface area (Å²) in [7, 11) is 1.94. The van der Waals surface area contributed by atoms with Gasteiger partial charge in [0, 0.05) is 13.6 Å². The summed E-state index contributed by atoms with van der Waals surface area (Å²) in [6.07, 6.45) is 8.84. The van der Waals surface area contributed by atoms with Gasteiger partial charge in [-0.3, -0.25) is 4.68 Å². The van der Waals surface area contributed by atoms with Crippen molar-refractivity contribution in [3.05, 3.63) is 28.1 Å². The average molecular weight is 268 g/mol. The van der Waals surface area contributed by atoms with Crippen LogP contribution in [0.1, 0.15) is 43.5 Å². The minimum atomic E-state index is 0.793. The van der Waals surface area contributed by atoms with Gasteiger partial charge in [0.2, 0.25) is 0 Å². The van der Waals surface area contributed by atoms with E-state index in [1.807, 2.05) is 18.7 Å². The van der Waals surface area contributed by atoms with Crippen molar-refractivity contribution in [1.29, 1.82) is 0 Å². The SMILES string of the molecule is Cc1nn(C)c(CNCCC2=CCCCC2)c1Cl. The molecule has 0 unspecified atom stereocenters. The predicted octanol–water partition coefficient (Wildman–Crippen LogP) is 3.36. The van der Waals surface area contributed by atoms with Crippen molar-refractivity contribution < 1.29 is 0 Å². The molecule has 1 aliphatic rings. The van der Waals surface area contributed by atoms with Crippen molar-refractivity contribution in [2.24, 2.45) is 7.05 Å². The lowest BCUT2D eigenvalue weighted by Crippen LogP contribution is -2.18. The van der Waals surface area contributed by atoms with Gasteiger partial charge in [0.1, 0.15) is 0 Å². The highest BCUT2D eigenvalue weighted by molar-refractivity contribution is 6.31. The quantitative estimate of drug-likeness (QED) is 0.655. The van der Waals surface area contributed by atoms with E-state index in [0.29, 0.717) is 0 Å². The third-order valence-electron chi connectivity index (χ3n) is 3.56. The van der Waals surface area contributed by atoms with E-state index in [1.54, 1.807) is 5.57 Å². The molecule has 4 heteroatoms. The molecule has 0 aromatic carbocycles. The molecule has 0 radical (unpaired) electrons. The minimum Gasteiger partial charge on any atom is -0.311 e. The Labute approximate surface area is 114 Å².